The van der Waals surface area contributed by atoms with Gasteiger partial charge in [0.15, 0.2) is 10.3 Å². The van der Waals surface area contributed by atoms with Gasteiger partial charge in [0.1, 0.15) is 0 Å². The molecule has 0 unspecified atom stereocenters. The number of nitrogens with zero attached hydrogens (tertiary/aromatic N) is 2. The van der Waals surface area contributed by atoms with E-state index in [0.717, 1.165) is 0 Å². The third-order valence-electron chi connectivity index (χ3n) is 0.781. The highest BCUT2D eigenvalue weighted by atomic mass is 79.9. The lowest BCUT2D eigenvalue weighted by atomic mass is 10.6. The summed E-state index contributed by atoms with van der Waals surface area (Å²) in [7, 11) is 0. The highest BCUT2D eigenvalue weighted by Gasteiger charge is 2.07. The minimum absolute atomic E-state index is 0.288. The van der Waals surface area contributed by atoms with Crippen LogP contribution in [-0.2, 0) is 0 Å². The summed E-state index contributed by atoms with van der Waals surface area (Å²) in [5, 5.41) is 7.67. The van der Waals surface area contributed by atoms with Gasteiger partial charge in [-0.05, 0) is 31.9 Å². The number of halogens is 4. The summed E-state index contributed by atoms with van der Waals surface area (Å²) in [4.78, 5) is 0. The molecular weight excluding hydrogens is 307 g/mol. The van der Waals surface area contributed by atoms with E-state index in [0.29, 0.717) is 8.95 Å². The first-order chi connectivity index (χ1) is 4.63. The van der Waals surface area contributed by atoms with Crippen molar-refractivity contribution in [3.63, 3.8) is 0 Å². The number of hydrogen-bond acceptors (Lipinski definition) is 2. The van der Waals surface area contributed by atoms with Gasteiger partial charge in [0.2, 0.25) is 0 Å². The normalized spacial score (nSPS) is 10.0. The zero-order valence-corrected chi connectivity index (χ0v) is 9.09. The predicted molar refractivity (Wildman–Crippen MR) is 47.5 cm³/mol. The number of hydrogen-bond donors (Lipinski definition) is 0. The van der Waals surface area contributed by atoms with Gasteiger partial charge in [0, 0.05) is 0 Å². The van der Waals surface area contributed by atoms with Crippen molar-refractivity contribution in [1.82, 2.24) is 10.2 Å². The van der Waals surface area contributed by atoms with E-state index in [-0.39, 0.29) is 10.3 Å². The quantitative estimate of drug-likeness (QED) is 0.735. The molecule has 0 radical (unpaired) electrons. The molecule has 0 fully saturated rings. The molecule has 0 amide bonds. The maximum absolute atomic E-state index is 5.58. The second-order valence-corrected chi connectivity index (χ2v) is 3.71. The molecule has 0 atom stereocenters. The molecule has 1 rings (SSSR count). The smallest absolute Gasteiger partial charge is 0.136 e. The summed E-state index contributed by atoms with van der Waals surface area (Å²) in [5.74, 6) is 0. The van der Waals surface area contributed by atoms with Gasteiger partial charge in [-0.25, -0.2) is 0 Å². The molecule has 0 aliphatic carbocycles. The lowest BCUT2D eigenvalue weighted by molar-refractivity contribution is 1.02. The van der Waals surface area contributed by atoms with Crippen LogP contribution < -0.4 is 0 Å². The molecule has 10 heavy (non-hydrogen) atoms. The molecule has 1 aromatic rings. The maximum Gasteiger partial charge on any atom is 0.167 e. The van der Waals surface area contributed by atoms with E-state index in [2.05, 4.69) is 42.1 Å². The molecule has 1 heterocycles. The van der Waals surface area contributed by atoms with E-state index in [1.54, 1.807) is 0 Å². The fraction of sp³-hybridized carbons (Fsp3) is 0. The molecule has 0 aliphatic heterocycles. The van der Waals surface area contributed by atoms with E-state index < -0.39 is 0 Å². The molecule has 2 nitrogen and oxygen atoms in total. The van der Waals surface area contributed by atoms with Crippen LogP contribution in [0.15, 0.2) is 8.95 Å². The molecule has 0 bridgehead atoms. The highest BCUT2D eigenvalue weighted by molar-refractivity contribution is 9.13. The zero-order chi connectivity index (χ0) is 7.72. The Hall–Kier alpha value is 0.620. The van der Waals surface area contributed by atoms with Crippen LogP contribution in [0.1, 0.15) is 0 Å². The van der Waals surface area contributed by atoms with Gasteiger partial charge in [-0.1, -0.05) is 23.2 Å². The summed E-state index contributed by atoms with van der Waals surface area (Å²) in [6.45, 7) is 0. The Balaban J connectivity index is 3.34. The van der Waals surface area contributed by atoms with Crippen LogP contribution in [0.25, 0.3) is 0 Å². The Bertz CT molecular complexity index is 239. The molecular formula is C4Br2Cl2N2. The van der Waals surface area contributed by atoms with Gasteiger partial charge in [0.25, 0.3) is 0 Å². The first-order valence-electron chi connectivity index (χ1n) is 2.15. The lowest BCUT2D eigenvalue weighted by Crippen LogP contribution is -1.85. The van der Waals surface area contributed by atoms with Gasteiger partial charge in [0.05, 0.1) is 8.95 Å². The van der Waals surface area contributed by atoms with Crippen molar-refractivity contribution in [3.8, 4) is 0 Å². The Morgan fingerprint density at radius 2 is 1.20 bits per heavy atom. The maximum atomic E-state index is 5.58. The molecule has 0 spiro atoms. The van der Waals surface area contributed by atoms with Crippen LogP contribution in [0.5, 0.6) is 0 Å². The highest BCUT2D eigenvalue weighted by Crippen LogP contribution is 2.32. The average molecular weight is 307 g/mol. The van der Waals surface area contributed by atoms with Crippen molar-refractivity contribution in [3.05, 3.63) is 19.3 Å². The summed E-state index contributed by atoms with van der Waals surface area (Å²) in [6.07, 6.45) is 0. The fourth-order valence-corrected chi connectivity index (χ4v) is 1.38. The Morgan fingerprint density at radius 1 is 0.900 bits per heavy atom. The molecule has 6 heteroatoms. The van der Waals surface area contributed by atoms with Crippen LogP contribution in [0, 0.1) is 0 Å². The van der Waals surface area contributed by atoms with Crippen LogP contribution in [0.2, 0.25) is 10.3 Å². The monoisotopic (exact) mass is 304 g/mol. The fourth-order valence-electron chi connectivity index (χ4n) is 0.357. The topological polar surface area (TPSA) is 25.8 Å². The summed E-state index contributed by atoms with van der Waals surface area (Å²) >= 11 is 17.5. The Labute approximate surface area is 84.2 Å². The first kappa shape index (κ1) is 8.71. The Morgan fingerprint density at radius 3 is 1.50 bits per heavy atom. The molecule has 54 valence electrons. The molecule has 0 aliphatic rings. The minimum Gasteiger partial charge on any atom is -0.136 e. The lowest BCUT2D eigenvalue weighted by Gasteiger charge is -1.96. The average Bonchev–Trinajstić information content (AvgIpc) is 1.93. The van der Waals surface area contributed by atoms with E-state index in [4.69, 9.17) is 23.2 Å². The van der Waals surface area contributed by atoms with E-state index in [1.165, 1.54) is 0 Å². The van der Waals surface area contributed by atoms with Gasteiger partial charge in [-0.15, -0.1) is 10.2 Å². The molecule has 0 saturated heterocycles. The summed E-state index contributed by atoms with van der Waals surface area (Å²) < 4.78 is 1.24. The third kappa shape index (κ3) is 1.61. The zero-order valence-electron chi connectivity index (χ0n) is 4.41. The number of rotatable bonds is 0. The minimum atomic E-state index is 0.288. The van der Waals surface area contributed by atoms with E-state index >= 15 is 0 Å². The molecule has 1 aromatic heterocycles. The summed E-state index contributed by atoms with van der Waals surface area (Å²) in [5.41, 5.74) is 0. The van der Waals surface area contributed by atoms with Crippen molar-refractivity contribution in [2.24, 2.45) is 0 Å². The SMILES string of the molecule is Clc1nnc(Cl)c(Br)c1Br. The molecule has 0 N–H and O–H groups in total. The Kier molecular flexibility index (Phi) is 2.91. The van der Waals surface area contributed by atoms with Crippen molar-refractivity contribution in [2.75, 3.05) is 0 Å². The second-order valence-electron chi connectivity index (χ2n) is 1.41. The van der Waals surface area contributed by atoms with Crippen molar-refractivity contribution < 1.29 is 0 Å². The van der Waals surface area contributed by atoms with Gasteiger partial charge in [-0.3, -0.25) is 0 Å². The largest absolute Gasteiger partial charge is 0.167 e. The third-order valence-corrected chi connectivity index (χ3v) is 3.84. The first-order valence-corrected chi connectivity index (χ1v) is 4.50. The van der Waals surface area contributed by atoms with Crippen LogP contribution in [-0.4, -0.2) is 10.2 Å². The van der Waals surface area contributed by atoms with Crippen LogP contribution >= 0.6 is 55.1 Å². The van der Waals surface area contributed by atoms with Crippen molar-refractivity contribution >= 4 is 55.1 Å². The van der Waals surface area contributed by atoms with Crippen molar-refractivity contribution in [2.45, 2.75) is 0 Å². The summed E-state index contributed by atoms with van der Waals surface area (Å²) in [6, 6.07) is 0. The van der Waals surface area contributed by atoms with Gasteiger partial charge < -0.3 is 0 Å². The van der Waals surface area contributed by atoms with Gasteiger partial charge in [-0.2, -0.15) is 0 Å². The molecule has 0 saturated carbocycles. The second kappa shape index (κ2) is 3.34. The standard InChI is InChI=1S/C4Br2Cl2N2/c5-1-2(6)4(8)10-9-3(1)7. The number of aromatic nitrogens is 2. The van der Waals surface area contributed by atoms with Crippen molar-refractivity contribution in [1.29, 1.82) is 0 Å². The van der Waals surface area contributed by atoms with E-state index in [1.807, 2.05) is 0 Å². The van der Waals surface area contributed by atoms with Crippen LogP contribution in [0.4, 0.5) is 0 Å². The van der Waals surface area contributed by atoms with Gasteiger partial charge >= 0.3 is 0 Å². The molecule has 0 aromatic carbocycles. The predicted octanol–water partition coefficient (Wildman–Crippen LogP) is 3.31. The van der Waals surface area contributed by atoms with E-state index in [9.17, 15) is 0 Å². The van der Waals surface area contributed by atoms with Crippen LogP contribution in [0.3, 0.4) is 0 Å².